The minimum Gasteiger partial charge on any atom is -0.370 e. The van der Waals surface area contributed by atoms with Crippen molar-refractivity contribution in [3.05, 3.63) is 23.8 Å². The van der Waals surface area contributed by atoms with Gasteiger partial charge in [0, 0.05) is 37.8 Å². The van der Waals surface area contributed by atoms with E-state index in [0.29, 0.717) is 25.2 Å². The molecule has 1 amide bonds. The summed E-state index contributed by atoms with van der Waals surface area (Å²) in [5.74, 6) is -0.424. The number of carbonyl (C=O) groups is 1. The Morgan fingerprint density at radius 3 is 2.23 bits per heavy atom. The Balaban J connectivity index is 1.65. The molecule has 1 aromatic rings. The Bertz CT molecular complexity index is 1030. The molecule has 3 aliphatic heterocycles. The molecule has 0 unspecified atom stereocenters. The van der Waals surface area contributed by atoms with Crippen molar-refractivity contribution in [2.24, 2.45) is 0 Å². The smallest absolute Gasteiger partial charge is 0.251 e. The SMILES string of the molecule is O=C(N[C@H]1CCS(=O)(=O)C1)c1ccc(N2CCCCC2)c(S(=O)(=O)N2CCCCC2)c1. The maximum Gasteiger partial charge on any atom is 0.251 e. The zero-order valence-electron chi connectivity index (χ0n) is 17.8. The normalized spacial score (nSPS) is 24.8. The number of hydrogen-bond acceptors (Lipinski definition) is 6. The highest BCUT2D eigenvalue weighted by molar-refractivity contribution is 7.91. The van der Waals surface area contributed by atoms with Crippen LogP contribution < -0.4 is 10.2 Å². The largest absolute Gasteiger partial charge is 0.370 e. The van der Waals surface area contributed by atoms with Crippen LogP contribution in [0.5, 0.6) is 0 Å². The van der Waals surface area contributed by atoms with Gasteiger partial charge in [0.05, 0.1) is 17.2 Å². The van der Waals surface area contributed by atoms with Gasteiger partial charge in [-0.2, -0.15) is 4.31 Å². The van der Waals surface area contributed by atoms with Crippen molar-refractivity contribution in [3.8, 4) is 0 Å². The molecule has 8 nitrogen and oxygen atoms in total. The van der Waals surface area contributed by atoms with Crippen LogP contribution in [0.1, 0.15) is 55.3 Å². The molecule has 3 aliphatic rings. The highest BCUT2D eigenvalue weighted by Gasteiger charge is 2.32. The molecule has 4 rings (SSSR count). The lowest BCUT2D eigenvalue weighted by Crippen LogP contribution is -2.38. The van der Waals surface area contributed by atoms with Gasteiger partial charge in [-0.1, -0.05) is 6.42 Å². The number of amides is 1. The third-order valence-corrected chi connectivity index (χ3v) is 10.1. The average Bonchev–Trinajstić information content (AvgIpc) is 3.12. The molecule has 10 heteroatoms. The summed E-state index contributed by atoms with van der Waals surface area (Å²) in [5.41, 5.74) is 0.908. The van der Waals surface area contributed by atoms with E-state index in [1.807, 2.05) is 0 Å². The van der Waals surface area contributed by atoms with Crippen LogP contribution in [0.4, 0.5) is 5.69 Å². The molecule has 3 heterocycles. The van der Waals surface area contributed by atoms with Crippen LogP contribution in [-0.2, 0) is 19.9 Å². The number of hydrogen-bond donors (Lipinski definition) is 1. The van der Waals surface area contributed by atoms with E-state index in [2.05, 4.69) is 10.2 Å². The lowest BCUT2D eigenvalue weighted by Gasteiger charge is -2.33. The molecule has 1 aromatic carbocycles. The summed E-state index contributed by atoms with van der Waals surface area (Å²) in [6.45, 7) is 2.60. The summed E-state index contributed by atoms with van der Waals surface area (Å²) in [5, 5.41) is 2.77. The van der Waals surface area contributed by atoms with Crippen LogP contribution in [0.15, 0.2) is 23.1 Å². The summed E-state index contributed by atoms with van der Waals surface area (Å²) in [4.78, 5) is 15.1. The minimum absolute atomic E-state index is 0.0659. The first kappa shape index (κ1) is 22.5. The van der Waals surface area contributed by atoms with Crippen molar-refractivity contribution < 1.29 is 21.6 Å². The first-order valence-corrected chi connectivity index (χ1v) is 14.4. The second-order valence-electron chi connectivity index (χ2n) is 8.77. The molecule has 0 aliphatic carbocycles. The maximum absolute atomic E-state index is 13.5. The van der Waals surface area contributed by atoms with Crippen molar-refractivity contribution in [1.29, 1.82) is 0 Å². The van der Waals surface area contributed by atoms with E-state index in [9.17, 15) is 21.6 Å². The van der Waals surface area contributed by atoms with Gasteiger partial charge in [-0.15, -0.1) is 0 Å². The van der Waals surface area contributed by atoms with Gasteiger partial charge in [-0.25, -0.2) is 16.8 Å². The first-order chi connectivity index (χ1) is 14.8. The van der Waals surface area contributed by atoms with E-state index in [4.69, 9.17) is 0 Å². The summed E-state index contributed by atoms with van der Waals surface area (Å²) in [6.07, 6.45) is 6.26. The van der Waals surface area contributed by atoms with Gasteiger partial charge in [0.2, 0.25) is 10.0 Å². The average molecular weight is 470 g/mol. The van der Waals surface area contributed by atoms with Crippen molar-refractivity contribution in [2.75, 3.05) is 42.6 Å². The Kier molecular flexibility index (Phi) is 6.60. The number of sulfonamides is 1. The molecular formula is C21H31N3O5S2. The zero-order valence-corrected chi connectivity index (χ0v) is 19.4. The Hall–Kier alpha value is -1.65. The number of nitrogens with zero attached hydrogens (tertiary/aromatic N) is 2. The van der Waals surface area contributed by atoms with Gasteiger partial charge < -0.3 is 10.2 Å². The van der Waals surface area contributed by atoms with E-state index in [0.717, 1.165) is 51.6 Å². The molecule has 172 valence electrons. The summed E-state index contributed by atoms with van der Waals surface area (Å²) < 4.78 is 52.0. The van der Waals surface area contributed by atoms with Crippen molar-refractivity contribution in [2.45, 2.75) is 55.9 Å². The number of anilines is 1. The van der Waals surface area contributed by atoms with E-state index in [-0.39, 0.29) is 22.0 Å². The molecule has 0 aromatic heterocycles. The quantitative estimate of drug-likeness (QED) is 0.705. The van der Waals surface area contributed by atoms with Gasteiger partial charge in [0.15, 0.2) is 9.84 Å². The molecule has 3 fully saturated rings. The molecule has 31 heavy (non-hydrogen) atoms. The second kappa shape index (κ2) is 9.07. The van der Waals surface area contributed by atoms with E-state index >= 15 is 0 Å². The van der Waals surface area contributed by atoms with Crippen LogP contribution in [-0.4, -0.2) is 70.8 Å². The number of benzene rings is 1. The molecule has 1 atom stereocenters. The lowest BCUT2D eigenvalue weighted by atomic mass is 10.1. The van der Waals surface area contributed by atoms with Gasteiger partial charge in [0.1, 0.15) is 4.90 Å². The van der Waals surface area contributed by atoms with Crippen LogP contribution in [0.3, 0.4) is 0 Å². The molecular weight excluding hydrogens is 438 g/mol. The standard InChI is InChI=1S/C21H31N3O5S2/c25-21(22-18-9-14-30(26,27)16-18)17-7-8-19(23-10-3-1-4-11-23)20(15-17)31(28,29)24-12-5-2-6-13-24/h7-8,15,18H,1-6,9-14,16H2,(H,22,25)/t18-/m0/s1. The van der Waals surface area contributed by atoms with E-state index < -0.39 is 31.8 Å². The molecule has 0 spiro atoms. The molecule has 0 radical (unpaired) electrons. The van der Waals surface area contributed by atoms with E-state index in [1.54, 1.807) is 12.1 Å². The van der Waals surface area contributed by atoms with Gasteiger partial charge in [-0.05, 0) is 56.7 Å². The molecule has 0 saturated carbocycles. The van der Waals surface area contributed by atoms with Crippen LogP contribution in [0.2, 0.25) is 0 Å². The second-order valence-corrected chi connectivity index (χ2v) is 12.9. The predicted octanol–water partition coefficient (Wildman–Crippen LogP) is 1.77. The fraction of sp³-hybridized carbons (Fsp3) is 0.667. The van der Waals surface area contributed by atoms with Gasteiger partial charge in [-0.3, -0.25) is 4.79 Å². The highest BCUT2D eigenvalue weighted by Crippen LogP contribution is 2.32. The summed E-state index contributed by atoms with van der Waals surface area (Å²) in [7, 11) is -6.84. The third-order valence-electron chi connectivity index (χ3n) is 6.42. The number of sulfone groups is 1. The van der Waals surface area contributed by atoms with Crippen molar-refractivity contribution >= 4 is 31.5 Å². The minimum atomic E-state index is -3.73. The summed E-state index contributed by atoms with van der Waals surface area (Å²) >= 11 is 0. The fourth-order valence-corrected chi connectivity index (χ4v) is 8.11. The van der Waals surface area contributed by atoms with Crippen molar-refractivity contribution in [3.63, 3.8) is 0 Å². The van der Waals surface area contributed by atoms with E-state index in [1.165, 1.54) is 10.4 Å². The molecule has 0 bridgehead atoms. The molecule has 1 N–H and O–H groups in total. The predicted molar refractivity (Wildman–Crippen MR) is 120 cm³/mol. The first-order valence-electron chi connectivity index (χ1n) is 11.2. The third kappa shape index (κ3) is 5.06. The Labute approximate surface area is 185 Å². The van der Waals surface area contributed by atoms with Crippen LogP contribution in [0.25, 0.3) is 0 Å². The van der Waals surface area contributed by atoms with Crippen molar-refractivity contribution in [1.82, 2.24) is 9.62 Å². The fourth-order valence-electron chi connectivity index (χ4n) is 4.68. The number of rotatable bonds is 5. The number of nitrogens with one attached hydrogen (secondary N) is 1. The molecule has 3 saturated heterocycles. The topological polar surface area (TPSA) is 104 Å². The number of carbonyl (C=O) groups excluding carboxylic acids is 1. The monoisotopic (exact) mass is 469 g/mol. The lowest BCUT2D eigenvalue weighted by molar-refractivity contribution is 0.0941. The highest BCUT2D eigenvalue weighted by atomic mass is 32.2. The van der Waals surface area contributed by atoms with Gasteiger partial charge >= 0.3 is 0 Å². The van der Waals surface area contributed by atoms with Gasteiger partial charge in [0.25, 0.3) is 5.91 Å². The summed E-state index contributed by atoms with van der Waals surface area (Å²) in [6, 6.07) is 4.44. The van der Waals surface area contributed by atoms with Crippen LogP contribution >= 0.6 is 0 Å². The number of piperidine rings is 2. The Morgan fingerprint density at radius 1 is 0.968 bits per heavy atom. The maximum atomic E-state index is 13.5. The van der Waals surface area contributed by atoms with Crippen LogP contribution in [0, 0.1) is 0 Å². The Morgan fingerprint density at radius 2 is 1.61 bits per heavy atom. The zero-order chi connectivity index (χ0) is 22.1.